The Kier molecular flexibility index (Phi) is 11.2. The number of fused-ring (bicyclic) bond motifs is 15. The van der Waals surface area contributed by atoms with Crippen LogP contribution in [0, 0.1) is 16.2 Å². The molecule has 6 atom stereocenters. The molecule has 3 nitrogen and oxygen atoms in total. The lowest BCUT2D eigenvalue weighted by molar-refractivity contribution is 0.101. The van der Waals surface area contributed by atoms with E-state index in [-0.39, 0.29) is 32.9 Å². The zero-order chi connectivity index (χ0) is 62.2. The molecule has 3 aliphatic heterocycles. The largest absolute Gasteiger partial charge is 0.334 e. The van der Waals surface area contributed by atoms with Crippen LogP contribution in [0.3, 0.4) is 0 Å². The van der Waals surface area contributed by atoms with Gasteiger partial charge < -0.3 is 14.7 Å². The molecule has 19 rings (SSSR count). The molecule has 454 valence electrons. The van der Waals surface area contributed by atoms with Gasteiger partial charge in [-0.3, -0.25) is 0 Å². The molecule has 3 heteroatoms. The molecular formula is C89H83N3. The lowest BCUT2D eigenvalue weighted by Gasteiger charge is -2.55. The highest BCUT2D eigenvalue weighted by atomic mass is 15.3. The van der Waals surface area contributed by atoms with Crippen LogP contribution < -0.4 is 14.7 Å². The highest BCUT2D eigenvalue weighted by molar-refractivity contribution is 6.39. The Labute approximate surface area is 543 Å². The van der Waals surface area contributed by atoms with Gasteiger partial charge in [0.1, 0.15) is 0 Å². The summed E-state index contributed by atoms with van der Waals surface area (Å²) in [6, 6.07) is 83.7. The molecular weight excluding hydrogens is 1110 g/mol. The van der Waals surface area contributed by atoms with Crippen molar-refractivity contribution in [2.24, 2.45) is 16.2 Å². The Morgan fingerprint density at radius 2 is 0.598 bits per heavy atom. The molecule has 3 saturated carbocycles. The van der Waals surface area contributed by atoms with Crippen molar-refractivity contribution >= 4 is 98.8 Å². The Balaban J connectivity index is 0.808. The van der Waals surface area contributed by atoms with E-state index in [1.54, 1.807) is 0 Å². The first-order valence-corrected chi connectivity index (χ1v) is 34.9. The van der Waals surface area contributed by atoms with Gasteiger partial charge in [-0.05, 0) is 275 Å². The monoisotopic (exact) mass is 1190 g/mol. The van der Waals surface area contributed by atoms with E-state index >= 15 is 0 Å². The molecule has 13 aromatic rings. The van der Waals surface area contributed by atoms with Crippen LogP contribution in [0.25, 0.3) is 98.0 Å². The molecule has 3 fully saturated rings. The first-order valence-electron chi connectivity index (χ1n) is 34.9. The third-order valence-electron chi connectivity index (χ3n) is 26.9. The van der Waals surface area contributed by atoms with Crippen molar-refractivity contribution in [3.05, 3.63) is 229 Å². The Hall–Kier alpha value is -8.66. The third-order valence-corrected chi connectivity index (χ3v) is 26.9. The van der Waals surface area contributed by atoms with E-state index < -0.39 is 0 Å². The number of para-hydroxylation sites is 3. The molecule has 0 spiro atoms. The molecule has 6 aliphatic rings. The Bertz CT molecular complexity index is 4990. The number of hydrogen-bond acceptors (Lipinski definition) is 3. The first kappa shape index (κ1) is 55.0. The van der Waals surface area contributed by atoms with Crippen LogP contribution in [0.1, 0.15) is 155 Å². The van der Waals surface area contributed by atoms with Gasteiger partial charge in [-0.2, -0.15) is 0 Å². The quantitative estimate of drug-likeness (QED) is 0.164. The molecule has 3 heterocycles. The summed E-state index contributed by atoms with van der Waals surface area (Å²) in [5.74, 6) is 1.26. The van der Waals surface area contributed by atoms with Crippen LogP contribution in [0.15, 0.2) is 212 Å². The second kappa shape index (κ2) is 18.8. The van der Waals surface area contributed by atoms with Crippen molar-refractivity contribution in [3.8, 4) is 33.4 Å². The van der Waals surface area contributed by atoms with Crippen molar-refractivity contribution in [1.29, 1.82) is 0 Å². The molecule has 0 saturated heterocycles. The predicted molar refractivity (Wildman–Crippen MR) is 392 cm³/mol. The molecule has 6 unspecified atom stereocenters. The second-order valence-electron chi connectivity index (χ2n) is 31.7. The minimum atomic E-state index is -0.0740. The summed E-state index contributed by atoms with van der Waals surface area (Å²) in [5, 5.41) is 16.3. The summed E-state index contributed by atoms with van der Waals surface area (Å²) < 4.78 is 0. The van der Waals surface area contributed by atoms with Gasteiger partial charge in [0.05, 0.1) is 16.6 Å². The van der Waals surface area contributed by atoms with Gasteiger partial charge >= 0.3 is 0 Å². The number of anilines is 6. The van der Waals surface area contributed by atoms with E-state index in [1.165, 1.54) is 207 Å². The second-order valence-corrected chi connectivity index (χ2v) is 31.7. The van der Waals surface area contributed by atoms with Crippen molar-refractivity contribution in [2.75, 3.05) is 14.7 Å². The van der Waals surface area contributed by atoms with Crippen LogP contribution in [-0.4, -0.2) is 16.6 Å². The van der Waals surface area contributed by atoms with Crippen LogP contribution in [0.4, 0.5) is 34.1 Å². The van der Waals surface area contributed by atoms with Gasteiger partial charge in [0, 0.05) is 51.9 Å². The van der Waals surface area contributed by atoms with Gasteiger partial charge in [-0.15, -0.1) is 0 Å². The number of hydrogen-bond donors (Lipinski definition) is 0. The van der Waals surface area contributed by atoms with Crippen molar-refractivity contribution in [1.82, 2.24) is 0 Å². The molecule has 3 aliphatic carbocycles. The van der Waals surface area contributed by atoms with Crippen molar-refractivity contribution in [2.45, 2.75) is 154 Å². The van der Waals surface area contributed by atoms with E-state index in [0.717, 1.165) is 0 Å². The SMILES string of the molecule is CC1(C)CCCC2c3cc(-c4ccc5c6cc7c(cc6c6cccc4c65)c4ccc(-c5ccc6c(c5)C5CCCC(C)(C)C5(C)N6c5ccccc5)c5c(-c6ccc8c(c6)C6CCCC(C)(C)C6(C)N8c6ccccc6)ccc7c54)ccc3N(c3ccccc3)C21C. The maximum absolute atomic E-state index is 2.74. The lowest BCUT2D eigenvalue weighted by Crippen LogP contribution is -2.56. The molecule has 0 bridgehead atoms. The van der Waals surface area contributed by atoms with Gasteiger partial charge in [-0.25, -0.2) is 0 Å². The van der Waals surface area contributed by atoms with Gasteiger partial charge in [0.2, 0.25) is 0 Å². The van der Waals surface area contributed by atoms with E-state index in [1.807, 2.05) is 0 Å². The van der Waals surface area contributed by atoms with E-state index in [9.17, 15) is 0 Å². The summed E-state index contributed by atoms with van der Waals surface area (Å²) >= 11 is 0. The van der Waals surface area contributed by atoms with Gasteiger partial charge in [0.25, 0.3) is 0 Å². The van der Waals surface area contributed by atoms with Crippen LogP contribution in [0.2, 0.25) is 0 Å². The molecule has 0 N–H and O–H groups in total. The van der Waals surface area contributed by atoms with E-state index in [4.69, 9.17) is 0 Å². The molecule has 0 radical (unpaired) electrons. The summed E-state index contributed by atoms with van der Waals surface area (Å²) in [7, 11) is 0. The smallest absolute Gasteiger partial charge is 0.0543 e. The van der Waals surface area contributed by atoms with E-state index in [0.29, 0.717) is 17.8 Å². The molecule has 0 amide bonds. The zero-order valence-corrected chi connectivity index (χ0v) is 55.1. The zero-order valence-electron chi connectivity index (χ0n) is 55.1. The van der Waals surface area contributed by atoms with E-state index in [2.05, 4.69) is 289 Å². The molecule has 13 aromatic carbocycles. The number of rotatable bonds is 6. The predicted octanol–water partition coefficient (Wildman–Crippen LogP) is 25.1. The number of nitrogens with zero attached hydrogens (tertiary/aromatic N) is 3. The average Bonchev–Trinajstić information content (AvgIpc) is 1.56. The first-order chi connectivity index (χ1) is 44.5. The highest BCUT2D eigenvalue weighted by Gasteiger charge is 2.61. The summed E-state index contributed by atoms with van der Waals surface area (Å²) in [4.78, 5) is 8.20. The summed E-state index contributed by atoms with van der Waals surface area (Å²) in [6.45, 7) is 22.9. The molecule has 0 aromatic heterocycles. The maximum atomic E-state index is 2.74. The lowest BCUT2D eigenvalue weighted by atomic mass is 9.58. The normalized spacial score (nSPS) is 25.1. The van der Waals surface area contributed by atoms with Crippen molar-refractivity contribution < 1.29 is 0 Å². The Morgan fingerprint density at radius 3 is 0.978 bits per heavy atom. The fraction of sp³-hybridized carbons (Fsp3) is 0.303. The highest BCUT2D eigenvalue weighted by Crippen LogP contribution is 2.68. The standard InChI is InChI=1S/C89H83N3/c1-84(2)46-20-31-75-72-49-54(34-43-78(72)90(87(75,84)7)57-23-13-10-14-24-57)60-37-40-65-69-53-71-67-42-39-62(56-36-45-80-74(51-56)77-33-22-48-86(5,6)89(77,9)92(80)59-27-17-12-18-28-59)82-61(38-41-66(83(67)82)70(71)52-68(69)64-30-19-29-63(60)81(64)65)55-35-44-79-73(50-55)76-32-21-47-85(3,4)88(76,8)91(79)58-25-15-11-16-26-58/h10-19,23-30,34-45,49-53,75-77H,20-22,31-33,46-48H2,1-9H3. The molecule has 92 heavy (non-hydrogen) atoms. The summed E-state index contributed by atoms with van der Waals surface area (Å²) in [5.41, 5.74) is 20.6. The maximum Gasteiger partial charge on any atom is 0.0543 e. The number of benzene rings is 11. The topological polar surface area (TPSA) is 9.72 Å². The van der Waals surface area contributed by atoms with Gasteiger partial charge in [0.15, 0.2) is 0 Å². The minimum absolute atomic E-state index is 0.0343. The van der Waals surface area contributed by atoms with Crippen LogP contribution in [-0.2, 0) is 0 Å². The summed E-state index contributed by atoms with van der Waals surface area (Å²) in [6.07, 6.45) is 11.0. The Morgan fingerprint density at radius 1 is 0.272 bits per heavy atom. The van der Waals surface area contributed by atoms with Crippen molar-refractivity contribution in [3.63, 3.8) is 0 Å². The third kappa shape index (κ3) is 6.93. The fourth-order valence-corrected chi connectivity index (χ4v) is 21.4. The van der Waals surface area contributed by atoms with Crippen LogP contribution in [0.5, 0.6) is 0 Å². The van der Waals surface area contributed by atoms with Gasteiger partial charge in [-0.1, -0.05) is 188 Å². The fourth-order valence-electron chi connectivity index (χ4n) is 21.4. The minimum Gasteiger partial charge on any atom is -0.334 e. The average molecular weight is 1190 g/mol. The van der Waals surface area contributed by atoms with Crippen LogP contribution >= 0.6 is 0 Å².